The number of hydrogen-bond donors (Lipinski definition) is 0. The van der Waals surface area contributed by atoms with Crippen LogP contribution in [0.5, 0.6) is 0 Å². The number of nitrogens with zero attached hydrogens (tertiary/aromatic N) is 2. The largest absolute Gasteiger partial charge is 0.380 e. The van der Waals surface area contributed by atoms with Gasteiger partial charge >= 0.3 is 0 Å². The molecule has 0 bridgehead atoms. The van der Waals surface area contributed by atoms with Gasteiger partial charge in [-0.25, -0.2) is 0 Å². The highest BCUT2D eigenvalue weighted by Crippen LogP contribution is 2.38. The maximum Gasteiger partial charge on any atom is 0.0715 e. The molecule has 0 spiro atoms. The van der Waals surface area contributed by atoms with Gasteiger partial charge in [-0.2, -0.15) is 0 Å². The fourth-order valence-electron chi connectivity index (χ4n) is 6.01. The van der Waals surface area contributed by atoms with E-state index in [1.54, 1.807) is 7.11 Å². The molecule has 0 atom stereocenters. The molecule has 0 saturated heterocycles. The maximum atomic E-state index is 5.40. The van der Waals surface area contributed by atoms with Crippen molar-refractivity contribution in [2.24, 2.45) is 0 Å². The summed E-state index contributed by atoms with van der Waals surface area (Å²) in [5.74, 6) is 0. The average molecular weight is 589 g/mol. The van der Waals surface area contributed by atoms with Crippen molar-refractivity contribution in [1.82, 2.24) is 0 Å². The van der Waals surface area contributed by atoms with E-state index in [-0.39, 0.29) is 0 Å². The fraction of sp³-hybridized carbons (Fsp3) is 0.143. The molecule has 3 heteroatoms. The van der Waals surface area contributed by atoms with E-state index in [0.29, 0.717) is 6.61 Å². The fourth-order valence-corrected chi connectivity index (χ4v) is 6.01. The molecule has 6 rings (SSSR count). The number of para-hydroxylation sites is 2. The number of methoxy groups -OCH3 is 1. The van der Waals surface area contributed by atoms with E-state index in [9.17, 15) is 0 Å². The van der Waals surface area contributed by atoms with Crippen LogP contribution >= 0.6 is 0 Å². The summed E-state index contributed by atoms with van der Waals surface area (Å²) in [6.07, 6.45) is 1.04. The van der Waals surface area contributed by atoms with Gasteiger partial charge in [-0.1, -0.05) is 79.7 Å². The zero-order valence-corrected chi connectivity index (χ0v) is 26.6. The summed E-state index contributed by atoms with van der Waals surface area (Å²) in [4.78, 5) is 4.64. The molecule has 6 aromatic rings. The van der Waals surface area contributed by atoms with Crippen LogP contribution in [0.4, 0.5) is 34.1 Å². The molecule has 3 nitrogen and oxygen atoms in total. The molecular formula is C42H40N2O. The van der Waals surface area contributed by atoms with Crippen LogP contribution in [0.3, 0.4) is 0 Å². The maximum absolute atomic E-state index is 5.40. The van der Waals surface area contributed by atoms with E-state index in [0.717, 1.165) is 34.9 Å². The Morgan fingerprint density at radius 1 is 0.444 bits per heavy atom. The topological polar surface area (TPSA) is 15.7 Å². The number of hydrogen-bond acceptors (Lipinski definition) is 3. The standard InChI is InChI=1S/C42H40N2O/c1-5-33-16-26-41(28-31(33)2)43(37-12-8-6-9-13-37)39-22-17-34(18-23-39)35-19-24-40(25-20-35)44(38-14-10-7-11-15-38)42-27-21-36(30-45-4)32(3)29-42/h6-29H,5,30H2,1-4H3. The van der Waals surface area contributed by atoms with Crippen LogP contribution in [0.15, 0.2) is 146 Å². The monoisotopic (exact) mass is 588 g/mol. The Morgan fingerprint density at radius 2 is 0.822 bits per heavy atom. The first-order chi connectivity index (χ1) is 22.1. The Hall–Kier alpha value is -5.12. The predicted molar refractivity (Wildman–Crippen MR) is 191 cm³/mol. The number of anilines is 6. The lowest BCUT2D eigenvalue weighted by Gasteiger charge is -2.27. The molecule has 6 aromatic carbocycles. The van der Waals surface area contributed by atoms with E-state index < -0.39 is 0 Å². The van der Waals surface area contributed by atoms with Gasteiger partial charge in [-0.15, -0.1) is 0 Å². The first kappa shape index (κ1) is 29.9. The zero-order valence-electron chi connectivity index (χ0n) is 26.6. The van der Waals surface area contributed by atoms with Gasteiger partial charge in [-0.3, -0.25) is 0 Å². The van der Waals surface area contributed by atoms with E-state index in [1.165, 1.54) is 39.1 Å². The normalized spacial score (nSPS) is 10.9. The molecule has 0 fully saturated rings. The lowest BCUT2D eigenvalue weighted by molar-refractivity contribution is 0.184. The van der Waals surface area contributed by atoms with Crippen LogP contribution < -0.4 is 9.80 Å². The molecule has 0 amide bonds. The molecule has 0 N–H and O–H groups in total. The van der Waals surface area contributed by atoms with Crippen molar-refractivity contribution in [3.8, 4) is 11.1 Å². The minimum atomic E-state index is 0.610. The van der Waals surface area contributed by atoms with Gasteiger partial charge in [0.1, 0.15) is 0 Å². The van der Waals surface area contributed by atoms with E-state index >= 15 is 0 Å². The first-order valence-corrected chi connectivity index (χ1v) is 15.6. The van der Waals surface area contributed by atoms with Gasteiger partial charge in [-0.05, 0) is 126 Å². The molecule has 0 aliphatic rings. The molecule has 0 aromatic heterocycles. The van der Waals surface area contributed by atoms with Crippen LogP contribution in [-0.2, 0) is 17.8 Å². The molecule has 0 heterocycles. The number of ether oxygens (including phenoxy) is 1. The predicted octanol–water partition coefficient (Wildman–Crippen LogP) is 11.6. The second-order valence-electron chi connectivity index (χ2n) is 11.4. The summed E-state index contributed by atoms with van der Waals surface area (Å²) in [6.45, 7) is 7.17. The lowest BCUT2D eigenvalue weighted by atomic mass is 10.0. The molecule has 0 radical (unpaired) electrons. The lowest BCUT2D eigenvalue weighted by Crippen LogP contribution is -2.10. The molecule has 0 aliphatic carbocycles. The number of benzene rings is 6. The third kappa shape index (κ3) is 6.55. The minimum absolute atomic E-state index is 0.610. The third-order valence-corrected chi connectivity index (χ3v) is 8.46. The van der Waals surface area contributed by atoms with E-state index in [1.807, 2.05) is 0 Å². The van der Waals surface area contributed by atoms with E-state index in [4.69, 9.17) is 4.74 Å². The van der Waals surface area contributed by atoms with Gasteiger partial charge in [0.05, 0.1) is 6.61 Å². The zero-order chi connectivity index (χ0) is 31.2. The quantitative estimate of drug-likeness (QED) is 0.158. The van der Waals surface area contributed by atoms with Crippen molar-refractivity contribution in [2.45, 2.75) is 33.8 Å². The summed E-state index contributed by atoms with van der Waals surface area (Å²) in [6, 6.07) is 52.2. The Balaban J connectivity index is 1.31. The minimum Gasteiger partial charge on any atom is -0.380 e. The summed E-state index contributed by atoms with van der Waals surface area (Å²) in [5.41, 5.74) is 14.3. The van der Waals surface area contributed by atoms with Crippen LogP contribution in [0, 0.1) is 13.8 Å². The van der Waals surface area contributed by atoms with Crippen LogP contribution in [0.25, 0.3) is 11.1 Å². The summed E-state index contributed by atoms with van der Waals surface area (Å²) >= 11 is 0. The molecule has 45 heavy (non-hydrogen) atoms. The van der Waals surface area contributed by atoms with Gasteiger partial charge in [0, 0.05) is 41.2 Å². The van der Waals surface area contributed by atoms with Crippen molar-refractivity contribution < 1.29 is 4.74 Å². The summed E-state index contributed by atoms with van der Waals surface area (Å²) in [5, 5.41) is 0. The van der Waals surface area contributed by atoms with Crippen molar-refractivity contribution in [3.63, 3.8) is 0 Å². The second-order valence-corrected chi connectivity index (χ2v) is 11.4. The summed E-state index contributed by atoms with van der Waals surface area (Å²) in [7, 11) is 1.74. The highest BCUT2D eigenvalue weighted by atomic mass is 16.5. The SMILES string of the molecule is CCc1ccc(N(c2ccccc2)c2ccc(-c3ccc(N(c4ccccc4)c4ccc(COC)c(C)c4)cc3)cc2)cc1C. The average Bonchev–Trinajstić information content (AvgIpc) is 3.08. The molecule has 224 valence electrons. The molecular weight excluding hydrogens is 548 g/mol. The number of aryl methyl sites for hydroxylation is 3. The van der Waals surface area contributed by atoms with Gasteiger partial charge < -0.3 is 14.5 Å². The molecule has 0 aliphatic heterocycles. The smallest absolute Gasteiger partial charge is 0.0715 e. The Bertz CT molecular complexity index is 1850. The summed E-state index contributed by atoms with van der Waals surface area (Å²) < 4.78 is 5.40. The van der Waals surface area contributed by atoms with Crippen molar-refractivity contribution in [1.29, 1.82) is 0 Å². The van der Waals surface area contributed by atoms with Crippen molar-refractivity contribution >= 4 is 34.1 Å². The van der Waals surface area contributed by atoms with Crippen LogP contribution in [0.2, 0.25) is 0 Å². The van der Waals surface area contributed by atoms with E-state index in [2.05, 4.69) is 176 Å². The third-order valence-electron chi connectivity index (χ3n) is 8.46. The van der Waals surface area contributed by atoms with Crippen molar-refractivity contribution in [3.05, 3.63) is 168 Å². The van der Waals surface area contributed by atoms with Crippen LogP contribution in [0.1, 0.15) is 29.2 Å². The Kier molecular flexibility index (Phi) is 9.09. The first-order valence-electron chi connectivity index (χ1n) is 15.6. The van der Waals surface area contributed by atoms with Gasteiger partial charge in [0.2, 0.25) is 0 Å². The van der Waals surface area contributed by atoms with Gasteiger partial charge in [0.15, 0.2) is 0 Å². The molecule has 0 unspecified atom stereocenters. The highest BCUT2D eigenvalue weighted by Gasteiger charge is 2.16. The Labute approximate surface area is 268 Å². The van der Waals surface area contributed by atoms with Crippen molar-refractivity contribution in [2.75, 3.05) is 16.9 Å². The molecule has 0 saturated carbocycles. The Morgan fingerprint density at radius 3 is 1.20 bits per heavy atom. The van der Waals surface area contributed by atoms with Crippen LogP contribution in [-0.4, -0.2) is 7.11 Å². The highest BCUT2D eigenvalue weighted by molar-refractivity contribution is 5.81. The second kappa shape index (κ2) is 13.7. The number of rotatable bonds is 10. The van der Waals surface area contributed by atoms with Gasteiger partial charge in [0.25, 0.3) is 0 Å².